The van der Waals surface area contributed by atoms with Gasteiger partial charge in [-0.25, -0.2) is 0 Å². The minimum absolute atomic E-state index is 0.880. The van der Waals surface area contributed by atoms with Crippen molar-refractivity contribution in [1.29, 1.82) is 0 Å². The molecular weight excluding hydrogens is 364 g/mol. The van der Waals surface area contributed by atoms with E-state index in [2.05, 4.69) is 102 Å². The SMILES string of the molecule is CC.CN(c1ccccc1)c1ccccc1.c1ccc(CNc2ccccc2)cc1. The van der Waals surface area contributed by atoms with E-state index in [0.717, 1.165) is 12.2 Å². The topological polar surface area (TPSA) is 15.3 Å². The highest BCUT2D eigenvalue weighted by atomic mass is 15.1. The average Bonchev–Trinajstić information content (AvgIpc) is 2.86. The van der Waals surface area contributed by atoms with Crippen LogP contribution in [0.2, 0.25) is 0 Å². The number of hydrogen-bond acceptors (Lipinski definition) is 2. The third kappa shape index (κ3) is 7.84. The Morgan fingerprint density at radius 1 is 0.533 bits per heavy atom. The Morgan fingerprint density at radius 3 is 1.33 bits per heavy atom. The van der Waals surface area contributed by atoms with Crippen LogP contribution >= 0.6 is 0 Å². The largest absolute Gasteiger partial charge is 0.381 e. The molecule has 4 aromatic carbocycles. The number of nitrogens with zero attached hydrogens (tertiary/aromatic N) is 1. The molecule has 0 aliphatic rings. The van der Waals surface area contributed by atoms with E-state index in [0.29, 0.717) is 0 Å². The minimum Gasteiger partial charge on any atom is -0.381 e. The van der Waals surface area contributed by atoms with Gasteiger partial charge >= 0.3 is 0 Å². The number of benzene rings is 4. The second-order valence-electron chi connectivity index (χ2n) is 6.44. The summed E-state index contributed by atoms with van der Waals surface area (Å²) >= 11 is 0. The summed E-state index contributed by atoms with van der Waals surface area (Å²) in [5.41, 5.74) is 4.88. The molecule has 0 fully saturated rings. The van der Waals surface area contributed by atoms with Crippen molar-refractivity contribution in [2.45, 2.75) is 20.4 Å². The molecule has 0 unspecified atom stereocenters. The van der Waals surface area contributed by atoms with Gasteiger partial charge in [0.1, 0.15) is 0 Å². The van der Waals surface area contributed by atoms with E-state index in [9.17, 15) is 0 Å². The molecule has 0 saturated heterocycles. The molecule has 0 radical (unpaired) electrons. The van der Waals surface area contributed by atoms with E-state index < -0.39 is 0 Å². The lowest BCUT2D eigenvalue weighted by molar-refractivity contribution is 1.15. The molecule has 0 saturated carbocycles. The standard InChI is InChI=1S/2C13H13N.C2H6/c1-14(12-8-4-2-5-9-12)13-10-6-3-7-11-13;1-3-7-12(8-4-1)11-14-13-9-5-2-6-10-13;1-2/h2-11H,1H3;1-10,14H,11H2;1-2H3. The average molecular weight is 397 g/mol. The lowest BCUT2D eigenvalue weighted by Crippen LogP contribution is -2.08. The first-order valence-electron chi connectivity index (χ1n) is 10.5. The van der Waals surface area contributed by atoms with Crippen LogP contribution in [0.5, 0.6) is 0 Å². The van der Waals surface area contributed by atoms with Gasteiger partial charge in [0.2, 0.25) is 0 Å². The van der Waals surface area contributed by atoms with Crippen molar-refractivity contribution in [3.63, 3.8) is 0 Å². The maximum absolute atomic E-state index is 3.36. The molecule has 2 nitrogen and oxygen atoms in total. The molecule has 4 aromatic rings. The summed E-state index contributed by atoms with van der Waals surface area (Å²) in [7, 11) is 2.07. The monoisotopic (exact) mass is 396 g/mol. The number of rotatable bonds is 5. The molecule has 4 rings (SSSR count). The molecule has 1 N–H and O–H groups in total. The number of para-hydroxylation sites is 3. The van der Waals surface area contributed by atoms with Gasteiger partial charge < -0.3 is 10.2 Å². The highest BCUT2D eigenvalue weighted by Crippen LogP contribution is 2.21. The van der Waals surface area contributed by atoms with Crippen LogP contribution in [0.3, 0.4) is 0 Å². The minimum atomic E-state index is 0.880. The second kappa shape index (κ2) is 13.6. The molecule has 0 aliphatic carbocycles. The normalized spacial score (nSPS) is 9.30. The van der Waals surface area contributed by atoms with Gasteiger partial charge in [-0.05, 0) is 42.0 Å². The Hall–Kier alpha value is -3.52. The fourth-order valence-corrected chi connectivity index (χ4v) is 2.81. The number of nitrogens with one attached hydrogen (secondary N) is 1. The van der Waals surface area contributed by atoms with Crippen molar-refractivity contribution in [2.75, 3.05) is 17.3 Å². The van der Waals surface area contributed by atoms with E-state index in [1.54, 1.807) is 0 Å². The maximum atomic E-state index is 3.36. The first kappa shape index (κ1) is 22.8. The predicted octanol–water partition coefficient (Wildman–Crippen LogP) is 7.78. The van der Waals surface area contributed by atoms with Gasteiger partial charge in [-0.1, -0.05) is 98.8 Å². The zero-order chi connectivity index (χ0) is 21.4. The summed E-state index contributed by atoms with van der Waals surface area (Å²) in [5, 5.41) is 3.36. The van der Waals surface area contributed by atoms with Crippen molar-refractivity contribution >= 4 is 17.1 Å². The summed E-state index contributed by atoms with van der Waals surface area (Å²) in [6, 6.07) is 41.3. The van der Waals surface area contributed by atoms with Gasteiger partial charge in [0.05, 0.1) is 0 Å². The Balaban J connectivity index is 0.000000197. The highest BCUT2D eigenvalue weighted by Gasteiger charge is 2.00. The van der Waals surface area contributed by atoms with Crippen molar-refractivity contribution in [1.82, 2.24) is 0 Å². The Morgan fingerprint density at radius 2 is 0.900 bits per heavy atom. The molecule has 0 aliphatic heterocycles. The van der Waals surface area contributed by atoms with Crippen LogP contribution in [0.1, 0.15) is 19.4 Å². The summed E-state index contributed by atoms with van der Waals surface area (Å²) in [6.45, 7) is 4.88. The summed E-state index contributed by atoms with van der Waals surface area (Å²) in [6.07, 6.45) is 0. The summed E-state index contributed by atoms with van der Waals surface area (Å²) in [4.78, 5) is 2.17. The van der Waals surface area contributed by atoms with Gasteiger partial charge in [0, 0.05) is 30.7 Å². The van der Waals surface area contributed by atoms with Crippen molar-refractivity contribution in [2.24, 2.45) is 0 Å². The van der Waals surface area contributed by atoms with Crippen LogP contribution in [0, 0.1) is 0 Å². The third-order valence-electron chi connectivity index (χ3n) is 4.40. The second-order valence-corrected chi connectivity index (χ2v) is 6.44. The van der Waals surface area contributed by atoms with Gasteiger partial charge in [-0.15, -0.1) is 0 Å². The third-order valence-corrected chi connectivity index (χ3v) is 4.40. The molecule has 0 bridgehead atoms. The fraction of sp³-hybridized carbons (Fsp3) is 0.143. The molecule has 2 heteroatoms. The summed E-state index contributed by atoms with van der Waals surface area (Å²) in [5.74, 6) is 0. The zero-order valence-corrected chi connectivity index (χ0v) is 18.2. The van der Waals surface area contributed by atoms with E-state index in [4.69, 9.17) is 0 Å². The lowest BCUT2D eigenvalue weighted by Gasteiger charge is -2.18. The quantitative estimate of drug-likeness (QED) is 0.370. The molecule has 0 heterocycles. The van der Waals surface area contributed by atoms with Crippen LogP contribution in [0.4, 0.5) is 17.1 Å². The number of anilines is 3. The Bertz CT molecular complexity index is 829. The van der Waals surface area contributed by atoms with Crippen LogP contribution < -0.4 is 10.2 Å². The molecule has 0 atom stereocenters. The first-order chi connectivity index (χ1) is 14.8. The van der Waals surface area contributed by atoms with E-state index in [1.807, 2.05) is 50.2 Å². The van der Waals surface area contributed by atoms with Crippen LogP contribution in [0.25, 0.3) is 0 Å². The summed E-state index contributed by atoms with van der Waals surface area (Å²) < 4.78 is 0. The van der Waals surface area contributed by atoms with Crippen molar-refractivity contribution in [3.8, 4) is 0 Å². The van der Waals surface area contributed by atoms with E-state index >= 15 is 0 Å². The Labute approximate surface area is 181 Å². The van der Waals surface area contributed by atoms with Crippen LogP contribution in [0.15, 0.2) is 121 Å². The van der Waals surface area contributed by atoms with Gasteiger partial charge in [0.15, 0.2) is 0 Å². The van der Waals surface area contributed by atoms with Gasteiger partial charge in [-0.3, -0.25) is 0 Å². The van der Waals surface area contributed by atoms with Crippen LogP contribution in [-0.4, -0.2) is 7.05 Å². The maximum Gasteiger partial charge on any atom is 0.0408 e. The van der Waals surface area contributed by atoms with Gasteiger partial charge in [0.25, 0.3) is 0 Å². The lowest BCUT2D eigenvalue weighted by atomic mass is 10.2. The zero-order valence-electron chi connectivity index (χ0n) is 18.2. The predicted molar refractivity (Wildman–Crippen MR) is 133 cm³/mol. The fourth-order valence-electron chi connectivity index (χ4n) is 2.81. The van der Waals surface area contributed by atoms with E-state index in [1.165, 1.54) is 16.9 Å². The molecule has 0 amide bonds. The molecular formula is C28H32N2. The smallest absolute Gasteiger partial charge is 0.0408 e. The Kier molecular flexibility index (Phi) is 10.3. The van der Waals surface area contributed by atoms with E-state index in [-0.39, 0.29) is 0 Å². The molecule has 154 valence electrons. The first-order valence-corrected chi connectivity index (χ1v) is 10.5. The molecule has 0 spiro atoms. The highest BCUT2D eigenvalue weighted by molar-refractivity contribution is 5.61. The molecule has 30 heavy (non-hydrogen) atoms. The van der Waals surface area contributed by atoms with Crippen LogP contribution in [-0.2, 0) is 6.54 Å². The van der Waals surface area contributed by atoms with Crippen molar-refractivity contribution in [3.05, 3.63) is 127 Å². The van der Waals surface area contributed by atoms with Gasteiger partial charge in [-0.2, -0.15) is 0 Å². The molecule has 0 aromatic heterocycles. The number of hydrogen-bond donors (Lipinski definition) is 1. The van der Waals surface area contributed by atoms with Crippen molar-refractivity contribution < 1.29 is 0 Å².